The summed E-state index contributed by atoms with van der Waals surface area (Å²) in [4.78, 5) is 37.9. The molecule has 10 heteroatoms. The zero-order valence-electron chi connectivity index (χ0n) is 15.3. The quantitative estimate of drug-likeness (QED) is 0.692. The summed E-state index contributed by atoms with van der Waals surface area (Å²) in [6.45, 7) is -0.0336. The Labute approximate surface area is 173 Å². The fourth-order valence-electron chi connectivity index (χ4n) is 2.58. The van der Waals surface area contributed by atoms with E-state index in [0.717, 1.165) is 34.4 Å². The Morgan fingerprint density at radius 1 is 1.07 bits per heavy atom. The molecule has 30 heavy (non-hydrogen) atoms. The Morgan fingerprint density at radius 2 is 1.73 bits per heavy atom. The van der Waals surface area contributed by atoms with Gasteiger partial charge in [-0.25, -0.2) is 0 Å². The monoisotopic (exact) mass is 436 g/mol. The van der Waals surface area contributed by atoms with Crippen molar-refractivity contribution in [3.05, 3.63) is 70.6 Å². The highest BCUT2D eigenvalue weighted by molar-refractivity contribution is 8.18. The molecular formula is C20H15F3N2O4S. The van der Waals surface area contributed by atoms with Crippen LogP contribution >= 0.6 is 11.8 Å². The number of ether oxygens (including phenoxy) is 1. The Balaban J connectivity index is 1.53. The first-order valence-electron chi connectivity index (χ1n) is 8.67. The maximum absolute atomic E-state index is 12.4. The molecule has 3 rings (SSSR count). The number of rotatable bonds is 6. The minimum Gasteiger partial charge on any atom is -0.406 e. The van der Waals surface area contributed by atoms with E-state index in [0.29, 0.717) is 0 Å². The van der Waals surface area contributed by atoms with Gasteiger partial charge in [0.25, 0.3) is 17.1 Å². The average molecular weight is 436 g/mol. The maximum atomic E-state index is 12.4. The Hall–Kier alpha value is -3.27. The van der Waals surface area contributed by atoms with Gasteiger partial charge in [0.05, 0.1) is 4.91 Å². The van der Waals surface area contributed by atoms with Crippen LogP contribution in [0, 0.1) is 0 Å². The molecule has 0 spiro atoms. The Kier molecular flexibility index (Phi) is 6.46. The highest BCUT2D eigenvalue weighted by Gasteiger charge is 2.34. The van der Waals surface area contributed by atoms with Gasteiger partial charge in [-0.3, -0.25) is 19.3 Å². The molecule has 0 aromatic heterocycles. The summed E-state index contributed by atoms with van der Waals surface area (Å²) in [6, 6.07) is 13.5. The number of amides is 3. The van der Waals surface area contributed by atoms with E-state index in [2.05, 4.69) is 10.1 Å². The summed E-state index contributed by atoms with van der Waals surface area (Å²) in [6.07, 6.45) is -3.20. The zero-order valence-corrected chi connectivity index (χ0v) is 16.1. The second kappa shape index (κ2) is 9.04. The van der Waals surface area contributed by atoms with Crippen LogP contribution in [0.25, 0.3) is 6.08 Å². The fourth-order valence-corrected chi connectivity index (χ4v) is 3.45. The van der Waals surface area contributed by atoms with Crippen LogP contribution in [-0.4, -0.2) is 41.4 Å². The molecule has 156 valence electrons. The maximum Gasteiger partial charge on any atom is 0.573 e. The molecule has 2 aromatic rings. The van der Waals surface area contributed by atoms with Gasteiger partial charge in [-0.15, -0.1) is 13.2 Å². The summed E-state index contributed by atoms with van der Waals surface area (Å²) >= 11 is 0.818. The number of carbonyl (C=O) groups excluding carboxylic acids is 3. The first kappa shape index (κ1) is 21.4. The van der Waals surface area contributed by atoms with E-state index in [1.165, 1.54) is 12.1 Å². The van der Waals surface area contributed by atoms with Crippen LogP contribution in [-0.2, 0) is 4.79 Å². The van der Waals surface area contributed by atoms with Crippen molar-refractivity contribution >= 4 is 34.9 Å². The van der Waals surface area contributed by atoms with Gasteiger partial charge in [0.1, 0.15) is 5.75 Å². The van der Waals surface area contributed by atoms with Crippen LogP contribution < -0.4 is 10.1 Å². The van der Waals surface area contributed by atoms with E-state index in [1.807, 2.05) is 18.2 Å². The Bertz CT molecular complexity index is 976. The zero-order chi connectivity index (χ0) is 21.7. The van der Waals surface area contributed by atoms with Crippen LogP contribution in [0.4, 0.5) is 18.0 Å². The van der Waals surface area contributed by atoms with E-state index in [-0.39, 0.29) is 23.6 Å². The van der Waals surface area contributed by atoms with Crippen molar-refractivity contribution < 1.29 is 32.3 Å². The van der Waals surface area contributed by atoms with Crippen molar-refractivity contribution in [1.82, 2.24) is 10.2 Å². The van der Waals surface area contributed by atoms with E-state index in [4.69, 9.17) is 0 Å². The molecule has 6 nitrogen and oxygen atoms in total. The van der Waals surface area contributed by atoms with Gasteiger partial charge < -0.3 is 10.1 Å². The van der Waals surface area contributed by atoms with Crippen molar-refractivity contribution in [2.24, 2.45) is 0 Å². The van der Waals surface area contributed by atoms with Crippen molar-refractivity contribution in [2.75, 3.05) is 13.1 Å². The SMILES string of the molecule is O=C(NCCN1C(=O)S/C(=C\c2ccccc2)C1=O)c1ccc(OC(F)(F)F)cc1. The molecule has 1 aliphatic rings. The lowest BCUT2D eigenvalue weighted by molar-refractivity contribution is -0.274. The van der Waals surface area contributed by atoms with Crippen LogP contribution in [0.15, 0.2) is 59.5 Å². The van der Waals surface area contributed by atoms with Gasteiger partial charge in [0.2, 0.25) is 0 Å². The van der Waals surface area contributed by atoms with Gasteiger partial charge in [-0.2, -0.15) is 0 Å². The second-order valence-corrected chi connectivity index (χ2v) is 7.07. The first-order chi connectivity index (χ1) is 14.2. The van der Waals surface area contributed by atoms with Crippen LogP contribution in [0.1, 0.15) is 15.9 Å². The van der Waals surface area contributed by atoms with Crippen molar-refractivity contribution in [3.63, 3.8) is 0 Å². The van der Waals surface area contributed by atoms with E-state index >= 15 is 0 Å². The largest absolute Gasteiger partial charge is 0.573 e. The van der Waals surface area contributed by atoms with E-state index < -0.39 is 29.2 Å². The molecule has 0 saturated carbocycles. The molecule has 0 unspecified atom stereocenters. The number of thioether (sulfide) groups is 1. The molecule has 0 aliphatic carbocycles. The molecule has 1 aliphatic heterocycles. The number of hydrogen-bond acceptors (Lipinski definition) is 5. The van der Waals surface area contributed by atoms with Gasteiger partial charge in [0.15, 0.2) is 0 Å². The predicted octanol–water partition coefficient (Wildman–Crippen LogP) is 4.05. The topological polar surface area (TPSA) is 75.7 Å². The molecule has 0 radical (unpaired) electrons. The molecule has 1 N–H and O–H groups in total. The van der Waals surface area contributed by atoms with Gasteiger partial charge in [-0.1, -0.05) is 30.3 Å². The number of carbonyl (C=O) groups is 3. The molecule has 1 saturated heterocycles. The summed E-state index contributed by atoms with van der Waals surface area (Å²) in [5.41, 5.74) is 0.900. The number of nitrogens with one attached hydrogen (secondary N) is 1. The number of benzene rings is 2. The van der Waals surface area contributed by atoms with Gasteiger partial charge in [0, 0.05) is 18.7 Å². The number of nitrogens with zero attached hydrogens (tertiary/aromatic N) is 1. The fraction of sp³-hybridized carbons (Fsp3) is 0.150. The molecule has 1 fully saturated rings. The smallest absolute Gasteiger partial charge is 0.406 e. The minimum atomic E-state index is -4.82. The van der Waals surface area contributed by atoms with Crippen LogP contribution in [0.3, 0.4) is 0 Å². The summed E-state index contributed by atoms with van der Waals surface area (Å²) in [5.74, 6) is -1.45. The molecule has 1 heterocycles. The van der Waals surface area contributed by atoms with Crippen LogP contribution in [0.5, 0.6) is 5.75 Å². The second-order valence-electron chi connectivity index (χ2n) is 6.07. The predicted molar refractivity (Wildman–Crippen MR) is 105 cm³/mol. The third-order valence-electron chi connectivity index (χ3n) is 3.94. The number of halogens is 3. The highest BCUT2D eigenvalue weighted by Crippen LogP contribution is 2.31. The third kappa shape index (κ3) is 5.63. The molecule has 2 aromatic carbocycles. The summed E-state index contributed by atoms with van der Waals surface area (Å²) < 4.78 is 40.2. The Morgan fingerprint density at radius 3 is 2.37 bits per heavy atom. The lowest BCUT2D eigenvalue weighted by Gasteiger charge is -2.13. The summed E-state index contributed by atoms with van der Waals surface area (Å²) in [7, 11) is 0. The van der Waals surface area contributed by atoms with Crippen molar-refractivity contribution in [3.8, 4) is 5.75 Å². The normalized spacial score (nSPS) is 15.6. The molecule has 0 bridgehead atoms. The molecular weight excluding hydrogens is 421 g/mol. The molecule has 3 amide bonds. The number of hydrogen-bond donors (Lipinski definition) is 1. The van der Waals surface area contributed by atoms with E-state index in [9.17, 15) is 27.6 Å². The van der Waals surface area contributed by atoms with E-state index in [1.54, 1.807) is 18.2 Å². The lowest BCUT2D eigenvalue weighted by Crippen LogP contribution is -2.37. The third-order valence-corrected chi connectivity index (χ3v) is 4.85. The summed E-state index contributed by atoms with van der Waals surface area (Å²) in [5, 5.41) is 2.08. The van der Waals surface area contributed by atoms with Crippen LogP contribution in [0.2, 0.25) is 0 Å². The molecule has 0 atom stereocenters. The number of alkyl halides is 3. The standard InChI is InChI=1S/C20H15F3N2O4S/c21-20(22,23)29-15-8-6-14(7-9-15)17(26)24-10-11-25-18(27)16(30-19(25)28)12-13-4-2-1-3-5-13/h1-9,12H,10-11H2,(H,24,26)/b16-12-. The average Bonchev–Trinajstić information content (AvgIpc) is 2.95. The minimum absolute atomic E-state index is 0.00368. The first-order valence-corrected chi connectivity index (χ1v) is 9.49. The number of imide groups is 1. The highest BCUT2D eigenvalue weighted by atomic mass is 32.2. The lowest BCUT2D eigenvalue weighted by atomic mass is 10.2. The van der Waals surface area contributed by atoms with Crippen molar-refractivity contribution in [2.45, 2.75) is 6.36 Å². The van der Waals surface area contributed by atoms with Gasteiger partial charge >= 0.3 is 6.36 Å². The van der Waals surface area contributed by atoms with Gasteiger partial charge in [-0.05, 0) is 47.7 Å². The van der Waals surface area contributed by atoms with Crippen molar-refractivity contribution in [1.29, 1.82) is 0 Å².